The second-order valence-corrected chi connectivity index (χ2v) is 5.84. The van der Waals surface area contributed by atoms with Gasteiger partial charge in [0.1, 0.15) is 11.8 Å². The van der Waals surface area contributed by atoms with Crippen molar-refractivity contribution in [3.63, 3.8) is 0 Å². The van der Waals surface area contributed by atoms with Gasteiger partial charge >= 0.3 is 5.97 Å². The van der Waals surface area contributed by atoms with Crippen LogP contribution in [0.5, 0.6) is 5.75 Å². The lowest BCUT2D eigenvalue weighted by Gasteiger charge is -2.30. The number of anilines is 1. The van der Waals surface area contributed by atoms with Crippen molar-refractivity contribution in [1.82, 2.24) is 0 Å². The molecule has 0 N–H and O–H groups in total. The van der Waals surface area contributed by atoms with Gasteiger partial charge in [-0.1, -0.05) is 18.2 Å². The number of methoxy groups -OCH3 is 1. The summed E-state index contributed by atoms with van der Waals surface area (Å²) in [6, 6.07) is 14.1. The largest absolute Gasteiger partial charge is 0.482 e. The van der Waals surface area contributed by atoms with Crippen LogP contribution in [0.25, 0.3) is 0 Å². The molecule has 1 heterocycles. The van der Waals surface area contributed by atoms with Crippen LogP contribution < -0.4 is 9.64 Å². The van der Waals surface area contributed by atoms with E-state index < -0.39 is 5.97 Å². The van der Waals surface area contributed by atoms with Gasteiger partial charge < -0.3 is 14.4 Å². The summed E-state index contributed by atoms with van der Waals surface area (Å²) in [4.78, 5) is 26.3. The van der Waals surface area contributed by atoms with Crippen LogP contribution in [0.3, 0.4) is 0 Å². The number of esters is 1. The predicted octanol–water partition coefficient (Wildman–Crippen LogP) is 2.70. The Labute approximate surface area is 151 Å². The smallest absolute Gasteiger partial charge is 0.338 e. The highest BCUT2D eigenvalue weighted by Gasteiger charge is 2.26. The second-order valence-electron chi connectivity index (χ2n) is 5.84. The van der Waals surface area contributed by atoms with Gasteiger partial charge in [-0.25, -0.2) is 4.79 Å². The molecule has 1 aliphatic rings. The fraction of sp³-hybridized carbons (Fsp3) is 0.250. The summed E-state index contributed by atoms with van der Waals surface area (Å²) in [5.74, 6) is -0.250. The minimum atomic E-state index is -0.407. The second kappa shape index (κ2) is 7.70. The molecule has 0 fully saturated rings. The number of hydrogen-bond donors (Lipinski definition) is 0. The molecule has 0 bridgehead atoms. The number of fused-ring (bicyclic) bond motifs is 1. The van der Waals surface area contributed by atoms with Gasteiger partial charge in [-0.05, 0) is 42.7 Å². The van der Waals surface area contributed by atoms with E-state index >= 15 is 0 Å². The van der Waals surface area contributed by atoms with Crippen LogP contribution in [0, 0.1) is 11.3 Å². The van der Waals surface area contributed by atoms with E-state index in [9.17, 15) is 9.59 Å². The number of para-hydroxylation sites is 1. The van der Waals surface area contributed by atoms with Gasteiger partial charge in [0.15, 0.2) is 6.61 Å². The topological polar surface area (TPSA) is 79.6 Å². The number of rotatable bonds is 4. The van der Waals surface area contributed by atoms with Gasteiger partial charge in [0.25, 0.3) is 5.91 Å². The third kappa shape index (κ3) is 3.38. The van der Waals surface area contributed by atoms with Gasteiger partial charge in [-0.15, -0.1) is 0 Å². The van der Waals surface area contributed by atoms with E-state index in [-0.39, 0.29) is 12.5 Å². The monoisotopic (exact) mass is 350 g/mol. The Morgan fingerprint density at radius 2 is 2.00 bits per heavy atom. The minimum absolute atomic E-state index is 0.180. The van der Waals surface area contributed by atoms with Crippen LogP contribution in [0.15, 0.2) is 42.5 Å². The first kappa shape index (κ1) is 17.5. The lowest BCUT2D eigenvalue weighted by atomic mass is 9.96. The molecule has 1 aliphatic heterocycles. The number of hydrogen-bond acceptors (Lipinski definition) is 5. The lowest BCUT2D eigenvalue weighted by Crippen LogP contribution is -2.39. The number of carbonyl (C=O) groups is 2. The van der Waals surface area contributed by atoms with Crippen LogP contribution in [0.1, 0.15) is 27.9 Å². The molecule has 3 rings (SSSR count). The normalized spacial score (nSPS) is 12.7. The van der Waals surface area contributed by atoms with E-state index in [1.54, 1.807) is 41.3 Å². The fourth-order valence-electron chi connectivity index (χ4n) is 3.09. The first-order valence-corrected chi connectivity index (χ1v) is 8.28. The Kier molecular flexibility index (Phi) is 5.18. The Morgan fingerprint density at radius 3 is 2.77 bits per heavy atom. The zero-order valence-electron chi connectivity index (χ0n) is 14.4. The Hall–Kier alpha value is -3.33. The van der Waals surface area contributed by atoms with E-state index in [0.29, 0.717) is 35.5 Å². The molecule has 26 heavy (non-hydrogen) atoms. The molecule has 0 aliphatic carbocycles. The van der Waals surface area contributed by atoms with Gasteiger partial charge in [0, 0.05) is 12.2 Å². The third-order valence-corrected chi connectivity index (χ3v) is 4.32. The van der Waals surface area contributed by atoms with Crippen molar-refractivity contribution in [2.75, 3.05) is 25.2 Å². The quantitative estimate of drug-likeness (QED) is 0.792. The molecular formula is C20H18N2O4. The van der Waals surface area contributed by atoms with Gasteiger partial charge in [-0.2, -0.15) is 5.26 Å². The average Bonchev–Trinajstić information content (AvgIpc) is 2.70. The maximum Gasteiger partial charge on any atom is 0.338 e. The number of ether oxygens (including phenoxy) is 2. The number of nitriles is 1. The summed E-state index contributed by atoms with van der Waals surface area (Å²) in [5, 5.41) is 9.10. The highest BCUT2D eigenvalue weighted by molar-refractivity contribution is 5.99. The molecule has 0 aromatic heterocycles. The van der Waals surface area contributed by atoms with Crippen molar-refractivity contribution >= 4 is 17.6 Å². The van der Waals surface area contributed by atoms with Crippen molar-refractivity contribution in [3.8, 4) is 11.8 Å². The van der Waals surface area contributed by atoms with E-state index in [4.69, 9.17) is 14.7 Å². The molecule has 0 saturated carbocycles. The van der Waals surface area contributed by atoms with Crippen LogP contribution >= 0.6 is 0 Å². The maximum atomic E-state index is 12.7. The maximum absolute atomic E-state index is 12.7. The molecule has 6 nitrogen and oxygen atoms in total. The van der Waals surface area contributed by atoms with E-state index in [0.717, 1.165) is 12.0 Å². The molecule has 2 aromatic rings. The van der Waals surface area contributed by atoms with E-state index in [1.807, 2.05) is 12.1 Å². The number of benzene rings is 2. The lowest BCUT2D eigenvalue weighted by molar-refractivity contribution is -0.120. The average molecular weight is 350 g/mol. The highest BCUT2D eigenvalue weighted by atomic mass is 16.5. The predicted molar refractivity (Wildman–Crippen MR) is 95.1 cm³/mol. The van der Waals surface area contributed by atoms with E-state index in [2.05, 4.69) is 0 Å². The first-order chi connectivity index (χ1) is 12.7. The van der Waals surface area contributed by atoms with E-state index in [1.165, 1.54) is 7.11 Å². The number of nitrogens with zero attached hydrogens (tertiary/aromatic N) is 2. The molecule has 2 aromatic carbocycles. The molecule has 0 saturated heterocycles. The van der Waals surface area contributed by atoms with Crippen molar-refractivity contribution in [3.05, 3.63) is 59.2 Å². The summed E-state index contributed by atoms with van der Waals surface area (Å²) in [7, 11) is 1.34. The SMILES string of the molecule is COC(=O)c1cccc2c1CCCN2C(=O)COc1ccccc1C#N. The standard InChI is InChI=1S/C20H18N2O4/c1-25-20(24)16-7-4-9-17-15(16)8-5-11-22(17)19(23)13-26-18-10-3-2-6-14(18)12-21/h2-4,6-7,9-10H,5,8,11,13H2,1H3. The van der Waals surface area contributed by atoms with Crippen molar-refractivity contribution in [1.29, 1.82) is 5.26 Å². The molecule has 0 radical (unpaired) electrons. The third-order valence-electron chi connectivity index (χ3n) is 4.32. The van der Waals surface area contributed by atoms with Crippen LogP contribution in [-0.2, 0) is 16.0 Å². The summed E-state index contributed by atoms with van der Waals surface area (Å²) in [6.07, 6.45) is 1.46. The van der Waals surface area contributed by atoms with Gasteiger partial charge in [0.2, 0.25) is 0 Å². The summed E-state index contributed by atoms with van der Waals surface area (Å²) >= 11 is 0. The fourth-order valence-corrected chi connectivity index (χ4v) is 3.09. The number of carbonyl (C=O) groups excluding carboxylic acids is 2. The Balaban J connectivity index is 1.80. The molecule has 0 unspecified atom stereocenters. The highest BCUT2D eigenvalue weighted by Crippen LogP contribution is 2.30. The Bertz CT molecular complexity index is 886. The summed E-state index contributed by atoms with van der Waals surface area (Å²) in [5.41, 5.74) is 2.39. The zero-order chi connectivity index (χ0) is 18.5. The van der Waals surface area contributed by atoms with Crippen LogP contribution in [-0.4, -0.2) is 32.1 Å². The zero-order valence-corrected chi connectivity index (χ0v) is 14.4. The molecule has 0 atom stereocenters. The minimum Gasteiger partial charge on any atom is -0.482 e. The van der Waals surface area contributed by atoms with Crippen molar-refractivity contribution < 1.29 is 19.1 Å². The van der Waals surface area contributed by atoms with Crippen LogP contribution in [0.4, 0.5) is 5.69 Å². The molecule has 6 heteroatoms. The molecular weight excluding hydrogens is 332 g/mol. The Morgan fingerprint density at radius 1 is 1.19 bits per heavy atom. The molecule has 0 spiro atoms. The molecule has 1 amide bonds. The van der Waals surface area contributed by atoms with Gasteiger partial charge in [0.05, 0.1) is 18.2 Å². The summed E-state index contributed by atoms with van der Waals surface area (Å²) < 4.78 is 10.4. The van der Waals surface area contributed by atoms with Crippen molar-refractivity contribution in [2.45, 2.75) is 12.8 Å². The van der Waals surface area contributed by atoms with Crippen molar-refractivity contribution in [2.24, 2.45) is 0 Å². The van der Waals surface area contributed by atoms with Gasteiger partial charge in [-0.3, -0.25) is 4.79 Å². The first-order valence-electron chi connectivity index (χ1n) is 8.28. The van der Waals surface area contributed by atoms with Crippen LogP contribution in [0.2, 0.25) is 0 Å². The molecule has 132 valence electrons. The number of amides is 1. The summed E-state index contributed by atoms with van der Waals surface area (Å²) in [6.45, 7) is 0.375.